The van der Waals surface area contributed by atoms with Crippen LogP contribution in [0.25, 0.3) is 21.8 Å². The van der Waals surface area contributed by atoms with Crippen LogP contribution in [-0.4, -0.2) is 28.8 Å². The molecule has 0 spiro atoms. The molecule has 0 amide bonds. The van der Waals surface area contributed by atoms with Gasteiger partial charge in [0.1, 0.15) is 5.75 Å². The Morgan fingerprint density at radius 3 is 2.48 bits per heavy atom. The second-order valence-corrected chi connectivity index (χ2v) is 7.02. The number of aromatic nitrogens is 2. The highest BCUT2D eigenvalue weighted by Gasteiger charge is 2.43. The van der Waals surface area contributed by atoms with Gasteiger partial charge in [-0.3, -0.25) is 0 Å². The van der Waals surface area contributed by atoms with Crippen molar-refractivity contribution >= 4 is 23.1 Å². The molecule has 9 heteroatoms. The zero-order valence-electron chi connectivity index (χ0n) is 12.8. The fraction of sp³-hybridized carbons (Fsp3) is 0.188. The second kappa shape index (κ2) is 7.09. The van der Waals surface area contributed by atoms with Gasteiger partial charge in [0.25, 0.3) is 0 Å². The standard InChI is InChI=1S/C16H12F4N2OS2/c1-23-10-6-4-9(5-7-10)12-13(11-3-2-8-24-11)22-15(21-12)25-16(19,20)14(17)18/h2-8,14H,1H3,(H,21,22). The predicted octanol–water partition coefficient (Wildman–Crippen LogP) is 5.76. The van der Waals surface area contributed by atoms with Crippen LogP contribution in [0.1, 0.15) is 0 Å². The lowest BCUT2D eigenvalue weighted by atomic mass is 10.1. The third kappa shape index (κ3) is 3.82. The number of hydrogen-bond acceptors (Lipinski definition) is 4. The monoisotopic (exact) mass is 388 g/mol. The van der Waals surface area contributed by atoms with Gasteiger partial charge >= 0.3 is 11.7 Å². The van der Waals surface area contributed by atoms with E-state index in [1.165, 1.54) is 18.4 Å². The van der Waals surface area contributed by atoms with E-state index in [0.29, 0.717) is 22.7 Å². The number of ether oxygens (including phenoxy) is 1. The van der Waals surface area contributed by atoms with Gasteiger partial charge in [-0.05, 0) is 47.5 Å². The minimum atomic E-state index is -4.22. The first kappa shape index (κ1) is 17.8. The van der Waals surface area contributed by atoms with E-state index in [1.54, 1.807) is 36.4 Å². The average Bonchev–Trinajstić information content (AvgIpc) is 3.23. The maximum Gasteiger partial charge on any atom is 0.360 e. The summed E-state index contributed by atoms with van der Waals surface area (Å²) in [6.45, 7) is 0. The van der Waals surface area contributed by atoms with Crippen molar-refractivity contribution < 1.29 is 22.3 Å². The molecule has 0 aliphatic rings. The first-order valence-electron chi connectivity index (χ1n) is 7.04. The van der Waals surface area contributed by atoms with E-state index in [9.17, 15) is 17.6 Å². The Hall–Kier alpha value is -2.00. The van der Waals surface area contributed by atoms with Crippen molar-refractivity contribution in [2.24, 2.45) is 0 Å². The number of thiophene rings is 1. The summed E-state index contributed by atoms with van der Waals surface area (Å²) in [6.07, 6.45) is -3.78. The molecule has 0 atom stereocenters. The highest BCUT2D eigenvalue weighted by molar-refractivity contribution is 8.00. The third-order valence-corrected chi connectivity index (χ3v) is 5.02. The maximum atomic E-state index is 13.4. The van der Waals surface area contributed by atoms with Gasteiger partial charge in [0, 0.05) is 5.56 Å². The SMILES string of the molecule is COc1ccc(-c2nc(SC(F)(F)C(F)F)[nH]c2-c2cccs2)cc1. The molecule has 1 N–H and O–H groups in total. The Morgan fingerprint density at radius 1 is 1.20 bits per heavy atom. The van der Waals surface area contributed by atoms with E-state index in [-0.39, 0.29) is 16.9 Å². The van der Waals surface area contributed by atoms with Crippen molar-refractivity contribution in [2.45, 2.75) is 16.8 Å². The fourth-order valence-electron chi connectivity index (χ4n) is 2.13. The molecule has 3 nitrogen and oxygen atoms in total. The van der Waals surface area contributed by atoms with Crippen LogP contribution in [0.5, 0.6) is 5.75 Å². The Kier molecular flexibility index (Phi) is 5.05. The molecule has 0 bridgehead atoms. The zero-order valence-corrected chi connectivity index (χ0v) is 14.4. The molecule has 1 aromatic carbocycles. The van der Waals surface area contributed by atoms with E-state index in [2.05, 4.69) is 9.97 Å². The Bertz CT molecular complexity index is 832. The lowest BCUT2D eigenvalue weighted by molar-refractivity contribution is -0.0565. The molecule has 3 aromatic rings. The van der Waals surface area contributed by atoms with Crippen molar-refractivity contribution in [1.29, 1.82) is 0 Å². The topological polar surface area (TPSA) is 37.9 Å². The first-order chi connectivity index (χ1) is 11.9. The van der Waals surface area contributed by atoms with Crippen molar-refractivity contribution in [2.75, 3.05) is 7.11 Å². The molecule has 0 saturated heterocycles. The molecule has 0 unspecified atom stereocenters. The molecule has 0 aliphatic heterocycles. The van der Waals surface area contributed by atoms with Crippen LogP contribution in [0.4, 0.5) is 17.6 Å². The molecule has 0 saturated carbocycles. The Balaban J connectivity index is 2.03. The summed E-state index contributed by atoms with van der Waals surface area (Å²) >= 11 is 1.11. The van der Waals surface area contributed by atoms with Gasteiger partial charge in [0.05, 0.1) is 23.4 Å². The van der Waals surface area contributed by atoms with Crippen LogP contribution >= 0.6 is 23.1 Å². The van der Waals surface area contributed by atoms with Crippen molar-refractivity contribution in [3.63, 3.8) is 0 Å². The highest BCUT2D eigenvalue weighted by atomic mass is 32.2. The molecule has 25 heavy (non-hydrogen) atoms. The number of nitrogens with zero attached hydrogens (tertiary/aromatic N) is 1. The molecule has 0 radical (unpaired) electrons. The number of thioether (sulfide) groups is 1. The summed E-state index contributed by atoms with van der Waals surface area (Å²) in [5, 5.41) is -2.66. The summed E-state index contributed by atoms with van der Waals surface area (Å²) in [6, 6.07) is 10.5. The summed E-state index contributed by atoms with van der Waals surface area (Å²) in [4.78, 5) is 7.63. The van der Waals surface area contributed by atoms with Crippen LogP contribution < -0.4 is 4.74 Å². The molecular weight excluding hydrogens is 376 g/mol. The Labute approximate surface area is 149 Å². The molecule has 2 heterocycles. The van der Waals surface area contributed by atoms with E-state index in [0.717, 1.165) is 4.88 Å². The molecule has 0 aliphatic carbocycles. The number of hydrogen-bond donors (Lipinski definition) is 1. The van der Waals surface area contributed by atoms with E-state index < -0.39 is 11.7 Å². The fourth-order valence-corrected chi connectivity index (χ4v) is 3.49. The normalized spacial score (nSPS) is 11.9. The molecular formula is C16H12F4N2OS2. The van der Waals surface area contributed by atoms with Crippen LogP contribution in [0.15, 0.2) is 46.9 Å². The van der Waals surface area contributed by atoms with Crippen molar-refractivity contribution in [3.8, 4) is 27.6 Å². The lowest BCUT2D eigenvalue weighted by Crippen LogP contribution is -2.21. The van der Waals surface area contributed by atoms with Gasteiger partial charge in [0.2, 0.25) is 0 Å². The summed E-state index contributed by atoms with van der Waals surface area (Å²) < 4.78 is 56.7. The summed E-state index contributed by atoms with van der Waals surface area (Å²) in [7, 11) is 1.53. The Morgan fingerprint density at radius 2 is 1.92 bits per heavy atom. The number of benzene rings is 1. The summed E-state index contributed by atoms with van der Waals surface area (Å²) in [5.41, 5.74) is 1.58. The number of nitrogens with one attached hydrogen (secondary N) is 1. The van der Waals surface area contributed by atoms with Crippen LogP contribution in [0.2, 0.25) is 0 Å². The first-order valence-corrected chi connectivity index (χ1v) is 8.73. The number of halogens is 4. The molecule has 2 aromatic heterocycles. The van der Waals surface area contributed by atoms with Gasteiger partial charge < -0.3 is 9.72 Å². The highest BCUT2D eigenvalue weighted by Crippen LogP contribution is 2.42. The van der Waals surface area contributed by atoms with Crippen molar-refractivity contribution in [1.82, 2.24) is 9.97 Å². The lowest BCUT2D eigenvalue weighted by Gasteiger charge is -2.11. The van der Waals surface area contributed by atoms with Gasteiger partial charge in [-0.1, -0.05) is 6.07 Å². The molecule has 3 rings (SSSR count). The van der Waals surface area contributed by atoms with Crippen LogP contribution in [0.3, 0.4) is 0 Å². The number of aromatic amines is 1. The average molecular weight is 388 g/mol. The number of imidazole rings is 1. The number of methoxy groups -OCH3 is 1. The minimum absolute atomic E-state index is 0.264. The van der Waals surface area contributed by atoms with Crippen molar-refractivity contribution in [3.05, 3.63) is 41.8 Å². The number of H-pyrrole nitrogens is 1. The van der Waals surface area contributed by atoms with Crippen LogP contribution in [0, 0.1) is 0 Å². The van der Waals surface area contributed by atoms with Gasteiger partial charge in [-0.15, -0.1) is 11.3 Å². The maximum absolute atomic E-state index is 13.4. The van der Waals surface area contributed by atoms with E-state index >= 15 is 0 Å². The van der Waals surface area contributed by atoms with Gasteiger partial charge in [-0.2, -0.15) is 8.78 Å². The molecule has 132 valence electrons. The second-order valence-electron chi connectivity index (χ2n) is 4.94. The minimum Gasteiger partial charge on any atom is -0.497 e. The number of rotatable bonds is 6. The largest absolute Gasteiger partial charge is 0.497 e. The van der Waals surface area contributed by atoms with Crippen LogP contribution in [-0.2, 0) is 0 Å². The van der Waals surface area contributed by atoms with Gasteiger partial charge in [-0.25, -0.2) is 13.8 Å². The number of alkyl halides is 4. The predicted molar refractivity (Wildman–Crippen MR) is 90.7 cm³/mol. The summed E-state index contributed by atoms with van der Waals surface area (Å²) in [5.74, 6) is 0.635. The smallest absolute Gasteiger partial charge is 0.360 e. The van der Waals surface area contributed by atoms with E-state index in [4.69, 9.17) is 4.74 Å². The third-order valence-electron chi connectivity index (χ3n) is 3.30. The molecule has 0 fully saturated rings. The van der Waals surface area contributed by atoms with Gasteiger partial charge in [0.15, 0.2) is 5.16 Å². The quantitative estimate of drug-likeness (QED) is 0.431. The van der Waals surface area contributed by atoms with E-state index in [1.807, 2.05) is 5.38 Å². The zero-order chi connectivity index (χ0) is 18.0.